The Bertz CT molecular complexity index is 1290. The van der Waals surface area contributed by atoms with Gasteiger partial charge in [0.05, 0.1) is 0 Å². The second-order valence-electron chi connectivity index (χ2n) is 19.5. The highest BCUT2D eigenvalue weighted by atomic mass is 16.6. The summed E-state index contributed by atoms with van der Waals surface area (Å²) in [4.78, 5) is 38.1. The number of esters is 3. The van der Waals surface area contributed by atoms with Gasteiger partial charge in [-0.1, -0.05) is 254 Å². The molecule has 0 N–H and O–H groups in total. The van der Waals surface area contributed by atoms with Gasteiger partial charge in [-0.2, -0.15) is 0 Å². The van der Waals surface area contributed by atoms with Crippen molar-refractivity contribution in [2.24, 2.45) is 0 Å². The van der Waals surface area contributed by atoms with Crippen molar-refractivity contribution in [1.82, 2.24) is 0 Å². The van der Waals surface area contributed by atoms with Crippen LogP contribution in [0.25, 0.3) is 0 Å². The number of hydrogen-bond acceptors (Lipinski definition) is 6. The fourth-order valence-corrected chi connectivity index (χ4v) is 8.29. The third kappa shape index (κ3) is 55.6. The Morgan fingerprint density at radius 3 is 0.899 bits per heavy atom. The zero-order valence-electron chi connectivity index (χ0n) is 45.6. The Morgan fingerprint density at radius 2 is 0.565 bits per heavy atom. The molecule has 0 aromatic rings. The van der Waals surface area contributed by atoms with Crippen molar-refractivity contribution < 1.29 is 28.6 Å². The van der Waals surface area contributed by atoms with Crippen molar-refractivity contribution in [1.29, 1.82) is 0 Å². The van der Waals surface area contributed by atoms with Gasteiger partial charge in [0.25, 0.3) is 0 Å². The van der Waals surface area contributed by atoms with Crippen LogP contribution < -0.4 is 0 Å². The molecule has 0 saturated heterocycles. The van der Waals surface area contributed by atoms with Crippen LogP contribution in [0.4, 0.5) is 0 Å². The van der Waals surface area contributed by atoms with Crippen molar-refractivity contribution >= 4 is 17.9 Å². The molecule has 0 aliphatic rings. The average molecular weight is 964 g/mol. The van der Waals surface area contributed by atoms with Crippen LogP contribution in [0.1, 0.15) is 290 Å². The molecule has 0 amide bonds. The lowest BCUT2D eigenvalue weighted by molar-refractivity contribution is -0.167. The lowest BCUT2D eigenvalue weighted by Crippen LogP contribution is -2.30. The van der Waals surface area contributed by atoms with E-state index in [0.717, 1.165) is 109 Å². The minimum atomic E-state index is -0.780. The second kappa shape index (κ2) is 57.4. The van der Waals surface area contributed by atoms with E-state index in [0.29, 0.717) is 19.3 Å². The zero-order valence-corrected chi connectivity index (χ0v) is 45.6. The first kappa shape index (κ1) is 65.8. The monoisotopic (exact) mass is 963 g/mol. The molecule has 6 heteroatoms. The zero-order chi connectivity index (χ0) is 50.0. The molecule has 1 unspecified atom stereocenters. The van der Waals surface area contributed by atoms with E-state index >= 15 is 0 Å². The van der Waals surface area contributed by atoms with E-state index < -0.39 is 6.10 Å². The van der Waals surface area contributed by atoms with Crippen LogP contribution in [0.3, 0.4) is 0 Å². The summed E-state index contributed by atoms with van der Waals surface area (Å²) < 4.78 is 16.8. The third-order valence-electron chi connectivity index (χ3n) is 12.7. The molecule has 0 rings (SSSR count). The smallest absolute Gasteiger partial charge is 0.306 e. The maximum Gasteiger partial charge on any atom is 0.306 e. The molecule has 0 bridgehead atoms. The minimum absolute atomic E-state index is 0.0779. The van der Waals surface area contributed by atoms with Gasteiger partial charge in [0, 0.05) is 19.3 Å². The van der Waals surface area contributed by atoms with Gasteiger partial charge >= 0.3 is 17.9 Å². The Morgan fingerprint density at radius 1 is 0.304 bits per heavy atom. The van der Waals surface area contributed by atoms with Crippen molar-refractivity contribution in [3.63, 3.8) is 0 Å². The molecule has 0 fully saturated rings. The summed E-state index contributed by atoms with van der Waals surface area (Å²) in [5.74, 6) is -0.885. The van der Waals surface area contributed by atoms with Crippen LogP contribution in [-0.2, 0) is 28.6 Å². The SMILES string of the molecule is CC/C=C\C/C=C\C/C=C\C/C=C\C/C=C\CCCCCCCCCCCC(=O)OCC(COC(=O)CCCCCCCCCCCC)OC(=O)CCCCCCC/C=C\CCCCCCCCC. The largest absolute Gasteiger partial charge is 0.462 e. The number of unbranched alkanes of at least 4 members (excludes halogenated alkanes) is 30. The van der Waals surface area contributed by atoms with E-state index in [1.54, 1.807) is 0 Å². The predicted octanol–water partition coefficient (Wildman–Crippen LogP) is 19.8. The first-order chi connectivity index (χ1) is 34.0. The van der Waals surface area contributed by atoms with E-state index in [1.807, 2.05) is 0 Å². The summed E-state index contributed by atoms with van der Waals surface area (Å²) in [6.45, 7) is 6.52. The number of carbonyl (C=O) groups excluding carboxylic acids is 3. The summed E-state index contributed by atoms with van der Waals surface area (Å²) in [7, 11) is 0. The lowest BCUT2D eigenvalue weighted by atomic mass is 10.1. The van der Waals surface area contributed by atoms with Crippen LogP contribution in [0.15, 0.2) is 72.9 Å². The number of rotatable bonds is 53. The maximum atomic E-state index is 12.8. The second-order valence-corrected chi connectivity index (χ2v) is 19.5. The van der Waals surface area contributed by atoms with Crippen LogP contribution in [0.5, 0.6) is 0 Å². The normalized spacial score (nSPS) is 12.6. The van der Waals surface area contributed by atoms with Crippen LogP contribution in [0, 0.1) is 0 Å². The summed E-state index contributed by atoms with van der Waals surface area (Å²) in [5.41, 5.74) is 0. The van der Waals surface area contributed by atoms with Gasteiger partial charge in [0.15, 0.2) is 6.10 Å². The molecule has 0 aromatic heterocycles. The first-order valence-corrected chi connectivity index (χ1v) is 29.4. The molecular weight excluding hydrogens is 853 g/mol. The van der Waals surface area contributed by atoms with E-state index in [2.05, 4.69) is 93.7 Å². The Balaban J connectivity index is 4.27. The van der Waals surface area contributed by atoms with Gasteiger partial charge in [0.1, 0.15) is 13.2 Å². The highest BCUT2D eigenvalue weighted by Gasteiger charge is 2.19. The fourth-order valence-electron chi connectivity index (χ4n) is 8.29. The van der Waals surface area contributed by atoms with E-state index in [1.165, 1.54) is 141 Å². The molecule has 0 aromatic carbocycles. The standard InChI is InChI=1S/C63H110O6/c1-4-7-10-13-16-19-22-24-26-28-29-30-31-32-33-34-35-36-38-39-41-44-47-50-53-56-62(65)68-59-60(58-67-61(64)55-52-49-46-43-21-18-15-12-9-6-3)69-63(66)57-54-51-48-45-42-40-37-27-25-23-20-17-14-11-8-5-2/h7,10,16,19,24,26-27,29-30,32-33,37,60H,4-6,8-9,11-15,17-18,20-23,25,28,31,34-36,38-59H2,1-3H3/b10-7-,19-16-,26-24-,30-29-,33-32-,37-27-. The number of carbonyl (C=O) groups is 3. The molecule has 398 valence electrons. The molecule has 0 saturated carbocycles. The van der Waals surface area contributed by atoms with Gasteiger partial charge in [-0.3, -0.25) is 14.4 Å². The number of ether oxygens (including phenoxy) is 3. The average Bonchev–Trinajstić information content (AvgIpc) is 3.35. The number of allylic oxidation sites excluding steroid dienone is 12. The van der Waals surface area contributed by atoms with Crippen LogP contribution >= 0.6 is 0 Å². The molecule has 1 atom stereocenters. The highest BCUT2D eigenvalue weighted by molar-refractivity contribution is 5.71. The fraction of sp³-hybridized carbons (Fsp3) is 0.762. The molecule has 0 aliphatic heterocycles. The maximum absolute atomic E-state index is 12.8. The predicted molar refractivity (Wildman–Crippen MR) is 298 cm³/mol. The number of hydrogen-bond donors (Lipinski definition) is 0. The van der Waals surface area contributed by atoms with Gasteiger partial charge in [-0.25, -0.2) is 0 Å². The lowest BCUT2D eigenvalue weighted by Gasteiger charge is -2.18. The first-order valence-electron chi connectivity index (χ1n) is 29.4. The summed E-state index contributed by atoms with van der Waals surface area (Å²) >= 11 is 0. The van der Waals surface area contributed by atoms with Gasteiger partial charge in [-0.15, -0.1) is 0 Å². The summed E-state index contributed by atoms with van der Waals surface area (Å²) in [5, 5.41) is 0. The van der Waals surface area contributed by atoms with Crippen molar-refractivity contribution in [2.45, 2.75) is 297 Å². The molecule has 0 heterocycles. The quantitative estimate of drug-likeness (QED) is 0.0262. The van der Waals surface area contributed by atoms with E-state index in [-0.39, 0.29) is 31.1 Å². The van der Waals surface area contributed by atoms with Crippen molar-refractivity contribution in [2.75, 3.05) is 13.2 Å². The Labute approximate surface area is 427 Å². The molecule has 6 nitrogen and oxygen atoms in total. The Hall–Kier alpha value is -3.15. The van der Waals surface area contributed by atoms with Crippen LogP contribution in [0.2, 0.25) is 0 Å². The van der Waals surface area contributed by atoms with Gasteiger partial charge < -0.3 is 14.2 Å². The van der Waals surface area contributed by atoms with Gasteiger partial charge in [-0.05, 0) is 89.9 Å². The molecule has 0 spiro atoms. The topological polar surface area (TPSA) is 78.9 Å². The summed E-state index contributed by atoms with van der Waals surface area (Å²) in [6, 6.07) is 0. The van der Waals surface area contributed by atoms with Crippen molar-refractivity contribution in [3.05, 3.63) is 72.9 Å². The Kier molecular flexibility index (Phi) is 54.8. The highest BCUT2D eigenvalue weighted by Crippen LogP contribution is 2.15. The molecule has 0 radical (unpaired) electrons. The van der Waals surface area contributed by atoms with E-state index in [9.17, 15) is 14.4 Å². The molecule has 0 aliphatic carbocycles. The van der Waals surface area contributed by atoms with E-state index in [4.69, 9.17) is 14.2 Å². The molecule has 69 heavy (non-hydrogen) atoms. The van der Waals surface area contributed by atoms with Crippen LogP contribution in [-0.4, -0.2) is 37.2 Å². The van der Waals surface area contributed by atoms with Crippen molar-refractivity contribution in [3.8, 4) is 0 Å². The summed E-state index contributed by atoms with van der Waals surface area (Å²) in [6.07, 6.45) is 73.3. The molecular formula is C63H110O6. The van der Waals surface area contributed by atoms with Gasteiger partial charge in [0.2, 0.25) is 0 Å². The third-order valence-corrected chi connectivity index (χ3v) is 12.7. The minimum Gasteiger partial charge on any atom is -0.462 e.